The van der Waals surface area contributed by atoms with E-state index in [1.54, 1.807) is 19.1 Å². The summed E-state index contributed by atoms with van der Waals surface area (Å²) >= 11 is 0. The summed E-state index contributed by atoms with van der Waals surface area (Å²) < 4.78 is 13.8. The zero-order valence-electron chi connectivity index (χ0n) is 17.4. The fourth-order valence-electron chi connectivity index (χ4n) is 4.18. The maximum Gasteiger partial charge on any atom is 0.254 e. The lowest BCUT2D eigenvalue weighted by molar-refractivity contribution is 0.0781. The highest BCUT2D eigenvalue weighted by molar-refractivity contribution is 5.95. The first kappa shape index (κ1) is 20.2. The van der Waals surface area contributed by atoms with E-state index in [2.05, 4.69) is 14.9 Å². The minimum absolute atomic E-state index is 0.0643. The monoisotopic (exact) mass is 384 g/mol. The van der Waals surface area contributed by atoms with Crippen LogP contribution in [0, 0.1) is 38.4 Å². The molecule has 0 N–H and O–H groups in total. The Hall–Kier alpha value is -2.50. The van der Waals surface area contributed by atoms with Crippen LogP contribution in [0.4, 0.5) is 10.3 Å². The summed E-state index contributed by atoms with van der Waals surface area (Å²) in [6.07, 6.45) is 0. The van der Waals surface area contributed by atoms with Gasteiger partial charge < -0.3 is 9.80 Å². The molecule has 1 aromatic carbocycles. The number of nitrogens with zero attached hydrogens (tertiary/aromatic N) is 4. The van der Waals surface area contributed by atoms with E-state index in [0.29, 0.717) is 36.1 Å². The number of carbonyl (C=O) groups is 1. The number of benzene rings is 1. The normalized spacial score (nSPS) is 20.6. The molecule has 1 amide bonds. The van der Waals surface area contributed by atoms with E-state index >= 15 is 0 Å². The second-order valence-corrected chi connectivity index (χ2v) is 7.50. The average Bonchev–Trinajstić information content (AvgIpc) is 3.23. The van der Waals surface area contributed by atoms with E-state index in [-0.39, 0.29) is 11.7 Å². The van der Waals surface area contributed by atoms with Crippen LogP contribution in [0.5, 0.6) is 0 Å². The number of hydrogen-bond donors (Lipinski definition) is 0. The van der Waals surface area contributed by atoms with E-state index in [4.69, 9.17) is 0 Å². The maximum atomic E-state index is 13.8. The van der Waals surface area contributed by atoms with Gasteiger partial charge in [-0.05, 0) is 44.5 Å². The lowest BCUT2D eigenvalue weighted by atomic mass is 10.0. The number of anilines is 1. The molecule has 2 aromatic rings. The van der Waals surface area contributed by atoms with Crippen LogP contribution in [-0.2, 0) is 0 Å². The molecule has 5 nitrogen and oxygen atoms in total. The Morgan fingerprint density at radius 2 is 1.57 bits per heavy atom. The van der Waals surface area contributed by atoms with Crippen molar-refractivity contribution in [2.24, 2.45) is 11.8 Å². The topological polar surface area (TPSA) is 49.3 Å². The van der Waals surface area contributed by atoms with Gasteiger partial charge in [0.1, 0.15) is 5.82 Å². The molecule has 4 rings (SSSR count). The Bertz CT molecular complexity index is 835. The van der Waals surface area contributed by atoms with Crippen LogP contribution in [0.15, 0.2) is 24.3 Å². The number of rotatable bonds is 2. The molecule has 0 bridgehead atoms. The van der Waals surface area contributed by atoms with Crippen molar-refractivity contribution in [3.63, 3.8) is 0 Å². The number of aryl methyl sites for hydroxylation is 2. The zero-order valence-corrected chi connectivity index (χ0v) is 17.4. The summed E-state index contributed by atoms with van der Waals surface area (Å²) in [5.74, 6) is 1.23. The predicted octanol–water partition coefficient (Wildman–Crippen LogP) is 3.78. The zero-order chi connectivity index (χ0) is 20.4. The molecular formula is C22H29FN4O. The van der Waals surface area contributed by atoms with E-state index in [0.717, 1.165) is 30.4 Å². The minimum Gasteiger partial charge on any atom is -0.340 e. The van der Waals surface area contributed by atoms with Crippen molar-refractivity contribution in [3.05, 3.63) is 52.6 Å². The molecule has 2 atom stereocenters. The van der Waals surface area contributed by atoms with Gasteiger partial charge >= 0.3 is 0 Å². The van der Waals surface area contributed by atoms with Crippen LogP contribution in [0.25, 0.3) is 0 Å². The average molecular weight is 384 g/mol. The molecule has 6 heteroatoms. The van der Waals surface area contributed by atoms with Crippen LogP contribution in [0.2, 0.25) is 0 Å². The van der Waals surface area contributed by atoms with Gasteiger partial charge in [-0.2, -0.15) is 0 Å². The first-order valence-corrected chi connectivity index (χ1v) is 10.0. The molecule has 2 saturated heterocycles. The highest BCUT2D eigenvalue weighted by atomic mass is 19.1. The van der Waals surface area contributed by atoms with Crippen molar-refractivity contribution >= 4 is 11.9 Å². The van der Waals surface area contributed by atoms with E-state index in [1.807, 2.05) is 38.7 Å². The van der Waals surface area contributed by atoms with Gasteiger partial charge in [0, 0.05) is 55.0 Å². The maximum absolute atomic E-state index is 13.8. The number of halogens is 1. The predicted molar refractivity (Wildman–Crippen MR) is 109 cm³/mol. The van der Waals surface area contributed by atoms with Crippen molar-refractivity contribution in [1.82, 2.24) is 14.9 Å². The number of amides is 1. The highest BCUT2D eigenvalue weighted by Crippen LogP contribution is 2.34. The second kappa shape index (κ2) is 8.25. The Kier molecular flexibility index (Phi) is 5.96. The number of hydrogen-bond acceptors (Lipinski definition) is 4. The van der Waals surface area contributed by atoms with Gasteiger partial charge in [0.2, 0.25) is 5.95 Å². The quantitative estimate of drug-likeness (QED) is 0.791. The molecular weight excluding hydrogens is 355 g/mol. The number of aromatic nitrogens is 2. The first-order valence-electron chi connectivity index (χ1n) is 10.0. The van der Waals surface area contributed by atoms with Crippen LogP contribution < -0.4 is 4.90 Å². The van der Waals surface area contributed by atoms with Gasteiger partial charge in [0.05, 0.1) is 0 Å². The van der Waals surface area contributed by atoms with Gasteiger partial charge in [0.15, 0.2) is 0 Å². The van der Waals surface area contributed by atoms with Crippen molar-refractivity contribution in [1.29, 1.82) is 0 Å². The van der Waals surface area contributed by atoms with Crippen LogP contribution in [0.1, 0.15) is 41.2 Å². The smallest absolute Gasteiger partial charge is 0.254 e. The van der Waals surface area contributed by atoms with Crippen LogP contribution >= 0.6 is 0 Å². The molecule has 2 aliphatic heterocycles. The lowest BCUT2D eigenvalue weighted by Crippen LogP contribution is -2.34. The van der Waals surface area contributed by atoms with Crippen molar-refractivity contribution in [2.75, 3.05) is 31.1 Å². The van der Waals surface area contributed by atoms with Crippen molar-refractivity contribution < 1.29 is 9.18 Å². The molecule has 2 fully saturated rings. The molecule has 2 unspecified atom stereocenters. The van der Waals surface area contributed by atoms with Crippen LogP contribution in [-0.4, -0.2) is 47.0 Å². The summed E-state index contributed by atoms with van der Waals surface area (Å²) in [4.78, 5) is 26.0. The number of carbonyl (C=O) groups excluding carboxylic acids is 1. The van der Waals surface area contributed by atoms with E-state index < -0.39 is 0 Å². The van der Waals surface area contributed by atoms with Crippen molar-refractivity contribution in [3.8, 4) is 0 Å². The van der Waals surface area contributed by atoms with Gasteiger partial charge in [-0.1, -0.05) is 19.9 Å². The Balaban J connectivity index is 0.00000109. The molecule has 2 aliphatic rings. The van der Waals surface area contributed by atoms with Gasteiger partial charge in [-0.3, -0.25) is 4.79 Å². The second-order valence-electron chi connectivity index (χ2n) is 7.50. The first-order chi connectivity index (χ1) is 13.4. The minimum atomic E-state index is -0.326. The molecule has 1 aromatic heterocycles. The molecule has 3 heterocycles. The van der Waals surface area contributed by atoms with E-state index in [9.17, 15) is 9.18 Å². The third-order valence-electron chi connectivity index (χ3n) is 5.52. The van der Waals surface area contributed by atoms with Crippen LogP contribution in [0.3, 0.4) is 0 Å². The molecule has 0 saturated carbocycles. The van der Waals surface area contributed by atoms with Gasteiger partial charge in [-0.25, -0.2) is 14.4 Å². The lowest BCUT2D eigenvalue weighted by Gasteiger charge is -2.22. The standard InChI is InChI=1S/C20H23FN4O.C2H6/c1-12-7-13(2)23-20(22-12)25-10-15-8-24(9-16(15)11-25)19(26)17-5-4-6-18(21)14(17)3;1-2/h4-7,15-16H,8-11H2,1-3H3;1-2H3. The molecule has 150 valence electrons. The third-order valence-corrected chi connectivity index (χ3v) is 5.52. The Labute approximate surface area is 166 Å². The van der Waals surface area contributed by atoms with E-state index in [1.165, 1.54) is 6.07 Å². The third kappa shape index (κ3) is 3.86. The summed E-state index contributed by atoms with van der Waals surface area (Å²) in [6.45, 7) is 12.8. The number of fused-ring (bicyclic) bond motifs is 1. The SMILES string of the molecule is CC.Cc1cc(C)nc(N2CC3CN(C(=O)c4cccc(F)c4C)CC3C2)n1. The summed E-state index contributed by atoms with van der Waals surface area (Å²) in [5.41, 5.74) is 2.85. The Morgan fingerprint density at radius 3 is 2.14 bits per heavy atom. The summed E-state index contributed by atoms with van der Waals surface area (Å²) in [5, 5.41) is 0. The fraction of sp³-hybridized carbons (Fsp3) is 0.500. The van der Waals surface area contributed by atoms with Gasteiger partial charge in [0.25, 0.3) is 5.91 Å². The summed E-state index contributed by atoms with van der Waals surface area (Å²) in [7, 11) is 0. The summed E-state index contributed by atoms with van der Waals surface area (Å²) in [6, 6.07) is 6.69. The molecule has 28 heavy (non-hydrogen) atoms. The number of likely N-dealkylation sites (tertiary alicyclic amines) is 1. The largest absolute Gasteiger partial charge is 0.340 e. The molecule has 0 aliphatic carbocycles. The highest BCUT2D eigenvalue weighted by Gasteiger charge is 2.42. The van der Waals surface area contributed by atoms with Crippen molar-refractivity contribution in [2.45, 2.75) is 34.6 Å². The fourth-order valence-corrected chi connectivity index (χ4v) is 4.18. The Morgan fingerprint density at radius 1 is 1.00 bits per heavy atom. The molecule has 0 spiro atoms. The molecule has 0 radical (unpaired) electrons. The van der Waals surface area contributed by atoms with Gasteiger partial charge in [-0.15, -0.1) is 0 Å².